The summed E-state index contributed by atoms with van der Waals surface area (Å²) in [7, 11) is 1.60. The molecule has 4 aromatic carbocycles. The smallest absolute Gasteiger partial charge is 0.322 e. The molecule has 0 aromatic heterocycles. The van der Waals surface area contributed by atoms with Crippen LogP contribution in [0.25, 0.3) is 0 Å². The summed E-state index contributed by atoms with van der Waals surface area (Å²) in [5, 5.41) is 27.0. The van der Waals surface area contributed by atoms with E-state index in [-0.39, 0.29) is 24.3 Å². The number of amides is 2. The molecule has 1 fully saturated rings. The van der Waals surface area contributed by atoms with Gasteiger partial charge in [-0.05, 0) is 117 Å². The Morgan fingerprint density at radius 3 is 2.33 bits per heavy atom. The molecule has 266 valence electrons. The highest BCUT2D eigenvalue weighted by molar-refractivity contribution is 6.10. The molecule has 4 atom stereocenters. The zero-order valence-electron chi connectivity index (χ0n) is 30.0. The number of methoxy groups -OCH3 is 1. The van der Waals surface area contributed by atoms with Gasteiger partial charge < -0.3 is 25.2 Å². The second-order valence-electron chi connectivity index (χ2n) is 14.6. The third kappa shape index (κ3) is 8.11. The lowest BCUT2D eigenvalue weighted by atomic mass is 9.64. The van der Waals surface area contributed by atoms with Crippen molar-refractivity contribution in [2.24, 2.45) is 5.41 Å². The highest BCUT2D eigenvalue weighted by Crippen LogP contribution is 2.59. The number of carbonyl (C=O) groups is 2. The fourth-order valence-corrected chi connectivity index (χ4v) is 8.14. The number of nitrogens with one attached hydrogen (secondary N) is 1. The molecule has 0 aliphatic heterocycles. The van der Waals surface area contributed by atoms with E-state index < -0.39 is 17.1 Å². The van der Waals surface area contributed by atoms with Crippen molar-refractivity contribution in [2.45, 2.75) is 83.0 Å². The molecule has 7 nitrogen and oxygen atoms in total. The first-order chi connectivity index (χ1) is 24.6. The second-order valence-corrected chi connectivity index (χ2v) is 14.6. The van der Waals surface area contributed by atoms with E-state index in [1.54, 1.807) is 36.3 Å². The fraction of sp³-hybridized carbons (Fsp3) is 0.364. The first-order valence-corrected chi connectivity index (χ1v) is 18.1. The summed E-state index contributed by atoms with van der Waals surface area (Å²) in [6.07, 6.45) is 6.06. The molecule has 4 aromatic rings. The Morgan fingerprint density at radius 2 is 1.63 bits per heavy atom. The molecule has 0 heterocycles. The number of rotatable bonds is 8. The van der Waals surface area contributed by atoms with Gasteiger partial charge in [-0.2, -0.15) is 0 Å². The number of allylic oxidation sites excluding steroid dienone is 2. The van der Waals surface area contributed by atoms with Gasteiger partial charge in [-0.15, -0.1) is 0 Å². The summed E-state index contributed by atoms with van der Waals surface area (Å²) < 4.78 is 5.35. The number of carbonyl (C=O) groups excluding carboxylic acids is 2. The average Bonchev–Trinajstić information content (AvgIpc) is 3.39. The van der Waals surface area contributed by atoms with Crippen LogP contribution in [0.2, 0.25) is 0 Å². The van der Waals surface area contributed by atoms with Crippen LogP contribution in [0.1, 0.15) is 90.9 Å². The number of ether oxygens (including phenoxy) is 1. The zero-order chi connectivity index (χ0) is 36.0. The molecule has 4 unspecified atom stereocenters. The Hall–Kier alpha value is -4.72. The van der Waals surface area contributed by atoms with E-state index in [1.165, 1.54) is 5.57 Å². The van der Waals surface area contributed by atoms with Crippen LogP contribution in [0.15, 0.2) is 115 Å². The van der Waals surface area contributed by atoms with Gasteiger partial charge in [0.15, 0.2) is 5.78 Å². The molecule has 2 amide bonds. The number of hydrogen-bond donors (Lipinski definition) is 3. The maximum atomic E-state index is 14.4. The zero-order valence-corrected chi connectivity index (χ0v) is 30.0. The van der Waals surface area contributed by atoms with Crippen LogP contribution in [0.5, 0.6) is 5.75 Å². The normalized spacial score (nSPS) is 23.4. The molecule has 3 aliphatic carbocycles. The minimum absolute atomic E-state index is 0.0995. The topological polar surface area (TPSA) is 99.1 Å². The first-order valence-electron chi connectivity index (χ1n) is 18.1. The second kappa shape index (κ2) is 15.7. The number of aliphatic hydroxyl groups is 2. The van der Waals surface area contributed by atoms with Gasteiger partial charge in [-0.25, -0.2) is 4.79 Å². The van der Waals surface area contributed by atoms with Crippen LogP contribution in [-0.2, 0) is 13.0 Å². The van der Waals surface area contributed by atoms with E-state index in [1.807, 2.05) is 78.9 Å². The van der Waals surface area contributed by atoms with E-state index in [9.17, 15) is 19.8 Å². The predicted molar refractivity (Wildman–Crippen MR) is 202 cm³/mol. The van der Waals surface area contributed by atoms with Gasteiger partial charge in [0.2, 0.25) is 0 Å². The van der Waals surface area contributed by atoms with Crippen molar-refractivity contribution in [1.82, 2.24) is 4.90 Å². The monoisotopic (exact) mass is 686 g/mol. The number of aliphatic hydroxyl groups excluding tert-OH is 1. The summed E-state index contributed by atoms with van der Waals surface area (Å²) in [6, 6.07) is 32.2. The van der Waals surface area contributed by atoms with Gasteiger partial charge in [-0.1, -0.05) is 79.2 Å². The Kier molecular flexibility index (Phi) is 11.1. The molecule has 1 saturated carbocycles. The molecular weight excluding hydrogens is 636 g/mol. The van der Waals surface area contributed by atoms with Crippen LogP contribution in [0, 0.1) is 5.41 Å². The van der Waals surface area contributed by atoms with Gasteiger partial charge in [0.25, 0.3) is 0 Å². The van der Waals surface area contributed by atoms with E-state index in [0.29, 0.717) is 61.2 Å². The van der Waals surface area contributed by atoms with Crippen LogP contribution in [-0.4, -0.2) is 52.3 Å². The summed E-state index contributed by atoms with van der Waals surface area (Å²) >= 11 is 0. The van der Waals surface area contributed by atoms with E-state index in [4.69, 9.17) is 4.74 Å². The van der Waals surface area contributed by atoms with Crippen molar-refractivity contribution in [1.29, 1.82) is 0 Å². The quantitative estimate of drug-likeness (QED) is 0.127. The molecule has 7 rings (SSSR count). The molecule has 0 radical (unpaired) electrons. The molecule has 0 saturated heterocycles. The molecule has 0 spiro atoms. The Labute approximate surface area is 302 Å². The van der Waals surface area contributed by atoms with Gasteiger partial charge in [0.1, 0.15) is 5.75 Å². The Bertz CT molecular complexity index is 1840. The lowest BCUT2D eigenvalue weighted by Crippen LogP contribution is -2.54. The van der Waals surface area contributed by atoms with Gasteiger partial charge in [-0.3, -0.25) is 4.79 Å². The highest BCUT2D eigenvalue weighted by atomic mass is 16.5. The Balaban J connectivity index is 1.41. The third-order valence-corrected chi connectivity index (χ3v) is 11.2. The van der Waals surface area contributed by atoms with Crippen molar-refractivity contribution < 1.29 is 24.5 Å². The summed E-state index contributed by atoms with van der Waals surface area (Å²) in [5.41, 5.74) is 3.88. The number of urea groups is 1. The van der Waals surface area contributed by atoms with E-state index in [2.05, 4.69) is 25.2 Å². The summed E-state index contributed by atoms with van der Waals surface area (Å²) in [4.78, 5) is 30.1. The fourth-order valence-electron chi connectivity index (χ4n) is 8.14. The van der Waals surface area contributed by atoms with Gasteiger partial charge >= 0.3 is 6.03 Å². The van der Waals surface area contributed by atoms with Crippen LogP contribution < -0.4 is 10.1 Å². The Morgan fingerprint density at radius 1 is 0.922 bits per heavy atom. The third-order valence-electron chi connectivity index (χ3n) is 11.2. The van der Waals surface area contributed by atoms with Crippen molar-refractivity contribution in [3.05, 3.63) is 143 Å². The van der Waals surface area contributed by atoms with Crippen molar-refractivity contribution in [3.8, 4) is 5.75 Å². The van der Waals surface area contributed by atoms with Crippen LogP contribution >= 0.6 is 0 Å². The molecule has 2 bridgehead atoms. The van der Waals surface area contributed by atoms with Crippen molar-refractivity contribution in [3.63, 3.8) is 0 Å². The van der Waals surface area contributed by atoms with Crippen molar-refractivity contribution in [2.75, 3.05) is 19.0 Å². The van der Waals surface area contributed by atoms with E-state index in [0.717, 1.165) is 29.5 Å². The number of nitrogens with zero attached hydrogens (tertiary/aromatic N) is 1. The first kappa shape index (κ1) is 36.1. The minimum Gasteiger partial charge on any atom is -0.497 e. The summed E-state index contributed by atoms with van der Waals surface area (Å²) in [5.74, 6) is 0.412. The predicted octanol–water partition coefficient (Wildman–Crippen LogP) is 8.70. The molecule has 51 heavy (non-hydrogen) atoms. The lowest BCUT2D eigenvalue weighted by Gasteiger charge is -2.46. The highest BCUT2D eigenvalue weighted by Gasteiger charge is 2.57. The lowest BCUT2D eigenvalue weighted by molar-refractivity contribution is -0.0773. The SMILES string of the molecule is COc1ccc(C(=O)c2cc3ccc2C2CCC(O)(CN(Cc4ccccc4)C(=O)Nc4ccccc4)C2(C)CCC=C(C)CCC(O)C3)cc1. The number of anilines is 1. The molecule has 3 N–H and O–H groups in total. The minimum atomic E-state index is -1.26. The molecule has 7 heteroatoms. The number of ketones is 1. The maximum absolute atomic E-state index is 14.4. The largest absolute Gasteiger partial charge is 0.497 e. The van der Waals surface area contributed by atoms with Crippen molar-refractivity contribution >= 4 is 17.5 Å². The number of para-hydroxylation sites is 1. The molecule has 3 aliphatic rings. The van der Waals surface area contributed by atoms with Gasteiger partial charge in [0.05, 0.1) is 25.4 Å². The number of fused-ring (bicyclic) bond motifs is 8. The average molecular weight is 687 g/mol. The van der Waals surface area contributed by atoms with Gasteiger partial charge in [0, 0.05) is 28.8 Å². The van der Waals surface area contributed by atoms with E-state index >= 15 is 0 Å². The number of benzene rings is 4. The summed E-state index contributed by atoms with van der Waals surface area (Å²) in [6.45, 7) is 4.71. The van der Waals surface area contributed by atoms with Crippen LogP contribution in [0.3, 0.4) is 0 Å². The molecular formula is C44H50N2O5. The number of hydrogen-bond acceptors (Lipinski definition) is 5. The standard InChI is InChI=1S/C44H50N2O5/c1-31-11-10-25-43(2)40(38-23-17-33(27-36(47)20-16-31)28-39(38)41(48)34-18-21-37(51-3)22-19-34)24-26-44(43,50)30-46(29-32-12-6-4-7-13-32)42(49)45-35-14-8-5-9-15-35/h4-9,11-15,17-19,21-23,28,36,40,47,50H,10,16,20,24-27,29-30H2,1-3H3,(H,45,49). The van der Waals surface area contributed by atoms with Crippen LogP contribution in [0.4, 0.5) is 10.5 Å². The maximum Gasteiger partial charge on any atom is 0.322 e.